The number of benzene rings is 1. The van der Waals surface area contributed by atoms with Crippen LogP contribution in [0.2, 0.25) is 0 Å². The SMILES string of the molecule is CCN(CC)CCCn1c2c(c(SCC(=O)Nc3ccc([N+](=O)[O-])cc3)nc1=O)CCC2. The molecule has 172 valence electrons. The molecule has 0 spiro atoms. The van der Waals surface area contributed by atoms with Crippen molar-refractivity contribution in [2.24, 2.45) is 0 Å². The summed E-state index contributed by atoms with van der Waals surface area (Å²) in [6.45, 7) is 7.89. The molecule has 0 unspecified atom stereocenters. The molecule has 1 aromatic carbocycles. The van der Waals surface area contributed by atoms with Crippen LogP contribution in [0.25, 0.3) is 0 Å². The fraction of sp³-hybridized carbons (Fsp3) is 0.500. The van der Waals surface area contributed by atoms with Crippen molar-refractivity contribution < 1.29 is 9.72 Å². The number of thioether (sulfide) groups is 1. The molecule has 1 aliphatic carbocycles. The van der Waals surface area contributed by atoms with Gasteiger partial charge in [-0.25, -0.2) is 4.79 Å². The Morgan fingerprint density at radius 1 is 1.25 bits per heavy atom. The van der Waals surface area contributed by atoms with Crippen LogP contribution in [-0.4, -0.2) is 50.7 Å². The van der Waals surface area contributed by atoms with Gasteiger partial charge in [-0.1, -0.05) is 25.6 Å². The van der Waals surface area contributed by atoms with E-state index in [4.69, 9.17) is 0 Å². The van der Waals surface area contributed by atoms with Gasteiger partial charge in [0.2, 0.25) is 5.91 Å². The van der Waals surface area contributed by atoms with Crippen LogP contribution in [0.4, 0.5) is 11.4 Å². The van der Waals surface area contributed by atoms with E-state index in [0.29, 0.717) is 17.3 Å². The highest BCUT2D eigenvalue weighted by Crippen LogP contribution is 2.29. The predicted octanol–water partition coefficient (Wildman–Crippen LogP) is 3.10. The zero-order chi connectivity index (χ0) is 23.1. The Hall–Kier alpha value is -2.72. The van der Waals surface area contributed by atoms with Gasteiger partial charge in [-0.15, -0.1) is 0 Å². The van der Waals surface area contributed by atoms with Gasteiger partial charge in [0.1, 0.15) is 5.03 Å². The number of nitrogens with zero attached hydrogens (tertiary/aromatic N) is 4. The molecule has 2 aromatic rings. The number of hydrogen-bond donors (Lipinski definition) is 1. The maximum Gasteiger partial charge on any atom is 0.348 e. The van der Waals surface area contributed by atoms with Gasteiger partial charge in [0.05, 0.1) is 10.7 Å². The lowest BCUT2D eigenvalue weighted by Crippen LogP contribution is -2.30. The van der Waals surface area contributed by atoms with E-state index in [0.717, 1.165) is 56.6 Å². The van der Waals surface area contributed by atoms with E-state index in [1.165, 1.54) is 36.0 Å². The minimum atomic E-state index is -0.487. The van der Waals surface area contributed by atoms with Gasteiger partial charge in [0, 0.05) is 35.6 Å². The molecule has 1 heterocycles. The van der Waals surface area contributed by atoms with Crippen LogP contribution in [0.1, 0.15) is 37.9 Å². The Morgan fingerprint density at radius 2 is 1.97 bits per heavy atom. The third-order valence-corrected chi connectivity index (χ3v) is 6.67. The molecule has 3 rings (SSSR count). The quantitative estimate of drug-likeness (QED) is 0.238. The Morgan fingerprint density at radius 3 is 2.62 bits per heavy atom. The Labute approximate surface area is 191 Å². The number of carbonyl (C=O) groups is 1. The number of hydrogen-bond acceptors (Lipinski definition) is 7. The molecular weight excluding hydrogens is 430 g/mol. The first-order valence-electron chi connectivity index (χ1n) is 10.9. The van der Waals surface area contributed by atoms with E-state index < -0.39 is 4.92 Å². The summed E-state index contributed by atoms with van der Waals surface area (Å²) >= 11 is 1.27. The van der Waals surface area contributed by atoms with Crippen LogP contribution in [0, 0.1) is 10.1 Å². The van der Waals surface area contributed by atoms with Gasteiger partial charge in [0.15, 0.2) is 0 Å². The lowest BCUT2D eigenvalue weighted by atomic mass is 10.2. The minimum absolute atomic E-state index is 0.0326. The number of nitrogens with one attached hydrogen (secondary N) is 1. The standard InChI is InChI=1S/C22H29N5O4S/c1-3-25(4-2)13-6-14-26-19-8-5-7-18(19)21(24-22(26)29)32-15-20(28)23-16-9-11-17(12-10-16)27(30)31/h9-12H,3-8,13-15H2,1-2H3,(H,23,28). The fourth-order valence-electron chi connectivity index (χ4n) is 3.93. The number of amides is 1. The third-order valence-electron chi connectivity index (χ3n) is 5.65. The number of aromatic nitrogens is 2. The van der Waals surface area contributed by atoms with Crippen LogP contribution in [-0.2, 0) is 24.2 Å². The van der Waals surface area contributed by atoms with Crippen molar-refractivity contribution in [3.8, 4) is 0 Å². The van der Waals surface area contributed by atoms with Gasteiger partial charge in [-0.3, -0.25) is 19.5 Å². The van der Waals surface area contributed by atoms with Crippen LogP contribution in [0.3, 0.4) is 0 Å². The second kappa shape index (κ2) is 11.2. The van der Waals surface area contributed by atoms with Crippen LogP contribution >= 0.6 is 11.8 Å². The molecule has 10 heteroatoms. The van der Waals surface area contributed by atoms with Crippen molar-refractivity contribution in [3.63, 3.8) is 0 Å². The van der Waals surface area contributed by atoms with Crippen LogP contribution in [0.5, 0.6) is 0 Å². The zero-order valence-corrected chi connectivity index (χ0v) is 19.3. The average Bonchev–Trinajstić information content (AvgIpc) is 3.27. The first-order valence-corrected chi connectivity index (χ1v) is 11.9. The molecule has 1 aliphatic rings. The normalized spacial score (nSPS) is 12.7. The number of carbonyl (C=O) groups excluding carboxylic acids is 1. The van der Waals surface area contributed by atoms with Gasteiger partial charge in [0.25, 0.3) is 5.69 Å². The minimum Gasteiger partial charge on any atom is -0.325 e. The number of nitro benzene ring substituents is 1. The number of anilines is 1. The number of rotatable bonds is 11. The summed E-state index contributed by atoms with van der Waals surface area (Å²) in [5.74, 6) is -0.136. The summed E-state index contributed by atoms with van der Waals surface area (Å²) in [7, 11) is 0. The maximum absolute atomic E-state index is 12.7. The Bertz CT molecular complexity index is 1020. The third kappa shape index (κ3) is 5.95. The van der Waals surface area contributed by atoms with Crippen LogP contribution in [0.15, 0.2) is 34.1 Å². The smallest absolute Gasteiger partial charge is 0.325 e. The highest BCUT2D eigenvalue weighted by atomic mass is 32.2. The van der Waals surface area contributed by atoms with Crippen molar-refractivity contribution in [1.82, 2.24) is 14.5 Å². The summed E-state index contributed by atoms with van der Waals surface area (Å²) in [5.41, 5.74) is 2.35. The molecule has 0 saturated heterocycles. The molecule has 0 bridgehead atoms. The molecule has 0 atom stereocenters. The lowest BCUT2D eigenvalue weighted by molar-refractivity contribution is -0.384. The van der Waals surface area contributed by atoms with E-state index in [1.54, 1.807) is 0 Å². The largest absolute Gasteiger partial charge is 0.348 e. The van der Waals surface area contributed by atoms with E-state index in [2.05, 4.69) is 29.0 Å². The summed E-state index contributed by atoms with van der Waals surface area (Å²) in [6.07, 6.45) is 3.62. The molecule has 0 saturated carbocycles. The van der Waals surface area contributed by atoms with E-state index in [9.17, 15) is 19.7 Å². The summed E-state index contributed by atoms with van der Waals surface area (Å²) in [6, 6.07) is 5.68. The highest BCUT2D eigenvalue weighted by Gasteiger charge is 2.22. The van der Waals surface area contributed by atoms with Gasteiger partial charge < -0.3 is 10.2 Å². The monoisotopic (exact) mass is 459 g/mol. The van der Waals surface area contributed by atoms with Gasteiger partial charge in [-0.2, -0.15) is 4.98 Å². The summed E-state index contributed by atoms with van der Waals surface area (Å²) in [5, 5.41) is 14.1. The van der Waals surface area contributed by atoms with Crippen molar-refractivity contribution in [3.05, 3.63) is 56.1 Å². The molecule has 0 radical (unpaired) electrons. The Balaban J connectivity index is 1.62. The summed E-state index contributed by atoms with van der Waals surface area (Å²) < 4.78 is 1.81. The van der Waals surface area contributed by atoms with Gasteiger partial charge >= 0.3 is 5.69 Å². The number of nitro groups is 1. The molecule has 9 nitrogen and oxygen atoms in total. The molecule has 0 aliphatic heterocycles. The Kier molecular flexibility index (Phi) is 8.40. The molecule has 32 heavy (non-hydrogen) atoms. The molecular formula is C22H29N5O4S. The molecule has 1 aromatic heterocycles. The van der Waals surface area contributed by atoms with Gasteiger partial charge in [-0.05, 0) is 57.5 Å². The van der Waals surface area contributed by atoms with Crippen molar-refractivity contribution in [1.29, 1.82) is 0 Å². The first-order chi connectivity index (χ1) is 15.4. The molecule has 1 amide bonds. The van der Waals surface area contributed by atoms with E-state index >= 15 is 0 Å². The van der Waals surface area contributed by atoms with E-state index in [-0.39, 0.29) is 23.0 Å². The fourth-order valence-corrected chi connectivity index (χ4v) is 4.80. The lowest BCUT2D eigenvalue weighted by Gasteiger charge is -2.19. The topological polar surface area (TPSA) is 110 Å². The van der Waals surface area contributed by atoms with E-state index in [1.807, 2.05) is 4.57 Å². The van der Waals surface area contributed by atoms with Crippen molar-refractivity contribution in [2.45, 2.75) is 51.1 Å². The average molecular weight is 460 g/mol. The number of non-ortho nitro benzene ring substituents is 1. The number of fused-ring (bicyclic) bond motifs is 1. The summed E-state index contributed by atoms with van der Waals surface area (Å²) in [4.78, 5) is 41.9. The zero-order valence-electron chi connectivity index (χ0n) is 18.5. The highest BCUT2D eigenvalue weighted by molar-refractivity contribution is 8.00. The van der Waals surface area contributed by atoms with Crippen LogP contribution < -0.4 is 11.0 Å². The van der Waals surface area contributed by atoms with Crippen molar-refractivity contribution >= 4 is 29.0 Å². The molecule has 0 fully saturated rings. The second-order valence-corrected chi connectivity index (χ2v) is 8.62. The predicted molar refractivity (Wildman–Crippen MR) is 125 cm³/mol. The molecule has 1 N–H and O–H groups in total. The second-order valence-electron chi connectivity index (χ2n) is 7.65. The maximum atomic E-state index is 12.7. The first kappa shape index (κ1) is 23.9. The van der Waals surface area contributed by atoms with Crippen molar-refractivity contribution in [2.75, 3.05) is 30.7 Å².